The first-order valence-electron chi connectivity index (χ1n) is 11.4. The van der Waals surface area contributed by atoms with Crippen LogP contribution in [0.25, 0.3) is 0 Å². The van der Waals surface area contributed by atoms with Gasteiger partial charge in [-0.3, -0.25) is 0 Å². The molecule has 176 valence electrons. The van der Waals surface area contributed by atoms with Crippen LogP contribution in [-0.4, -0.2) is 66.1 Å². The summed E-state index contributed by atoms with van der Waals surface area (Å²) in [4.78, 5) is 0. The van der Waals surface area contributed by atoms with E-state index < -0.39 is 0 Å². The van der Waals surface area contributed by atoms with Gasteiger partial charge in [0.05, 0.1) is 66.1 Å². The largest absolute Gasteiger partial charge is 0.377 e. The molecule has 1 saturated heterocycles. The van der Waals surface area contributed by atoms with Crippen LogP contribution in [0.4, 0.5) is 0 Å². The van der Waals surface area contributed by atoms with Crippen molar-refractivity contribution < 1.29 is 28.4 Å². The summed E-state index contributed by atoms with van der Waals surface area (Å²) < 4.78 is 35.1. The van der Waals surface area contributed by atoms with E-state index in [0.717, 1.165) is 11.1 Å². The smallest absolute Gasteiger partial charge is 0.106 e. The average molecular weight is 445 g/mol. The van der Waals surface area contributed by atoms with Gasteiger partial charge in [-0.15, -0.1) is 0 Å². The van der Waals surface area contributed by atoms with Gasteiger partial charge in [0.2, 0.25) is 0 Å². The lowest BCUT2D eigenvalue weighted by Gasteiger charge is -2.20. The van der Waals surface area contributed by atoms with Crippen molar-refractivity contribution >= 4 is 0 Å². The molecule has 3 rings (SSSR count). The Morgan fingerprint density at radius 1 is 0.469 bits per heavy atom. The van der Waals surface area contributed by atoms with Gasteiger partial charge in [-0.25, -0.2) is 0 Å². The third kappa shape index (κ3) is 8.98. The van der Waals surface area contributed by atoms with E-state index in [4.69, 9.17) is 28.4 Å². The van der Waals surface area contributed by atoms with Crippen LogP contribution in [0.3, 0.4) is 0 Å². The van der Waals surface area contributed by atoms with Gasteiger partial charge in [-0.2, -0.15) is 0 Å². The summed E-state index contributed by atoms with van der Waals surface area (Å²) in [7, 11) is 0. The normalized spacial score (nSPS) is 23.2. The number of hydrogen-bond donors (Lipinski definition) is 0. The third-order valence-electron chi connectivity index (χ3n) is 5.27. The molecule has 0 aliphatic carbocycles. The highest BCUT2D eigenvalue weighted by molar-refractivity contribution is 5.24. The topological polar surface area (TPSA) is 55.4 Å². The molecule has 1 aliphatic heterocycles. The van der Waals surface area contributed by atoms with Crippen LogP contribution in [0.15, 0.2) is 48.5 Å². The van der Waals surface area contributed by atoms with Crippen molar-refractivity contribution in [3.8, 4) is 0 Å². The van der Waals surface area contributed by atoms with Gasteiger partial charge in [-0.05, 0) is 25.0 Å². The third-order valence-corrected chi connectivity index (χ3v) is 5.27. The molecule has 6 nitrogen and oxygen atoms in total. The summed E-state index contributed by atoms with van der Waals surface area (Å²) in [5, 5.41) is 0. The van der Waals surface area contributed by atoms with Crippen LogP contribution in [-0.2, 0) is 28.4 Å². The number of aryl methyl sites for hydroxylation is 2. The molecule has 2 aromatic rings. The zero-order chi connectivity index (χ0) is 22.4. The molecule has 32 heavy (non-hydrogen) atoms. The van der Waals surface area contributed by atoms with Crippen LogP contribution in [0, 0.1) is 13.8 Å². The van der Waals surface area contributed by atoms with Crippen LogP contribution in [0.5, 0.6) is 0 Å². The quantitative estimate of drug-likeness (QED) is 0.692. The fraction of sp³-hybridized carbons (Fsp3) is 0.538. The van der Waals surface area contributed by atoms with Gasteiger partial charge in [-0.1, -0.05) is 59.7 Å². The molecule has 0 saturated carbocycles. The number of ether oxygens (including phenoxy) is 6. The minimum Gasteiger partial charge on any atom is -0.377 e. The lowest BCUT2D eigenvalue weighted by Crippen LogP contribution is -2.20. The van der Waals surface area contributed by atoms with Crippen molar-refractivity contribution in [1.82, 2.24) is 0 Å². The Bertz CT molecular complexity index is 660. The van der Waals surface area contributed by atoms with Gasteiger partial charge in [0.25, 0.3) is 0 Å². The van der Waals surface area contributed by atoms with Crippen LogP contribution in [0.1, 0.15) is 34.5 Å². The van der Waals surface area contributed by atoms with E-state index >= 15 is 0 Å². The highest BCUT2D eigenvalue weighted by Crippen LogP contribution is 2.20. The SMILES string of the molecule is Cc1ccc(C2COCCOCCOC(c3ccc(C)cc3)COCCOCCO2)cc1. The van der Waals surface area contributed by atoms with Crippen molar-refractivity contribution in [3.63, 3.8) is 0 Å². The van der Waals surface area contributed by atoms with Crippen LogP contribution >= 0.6 is 0 Å². The lowest BCUT2D eigenvalue weighted by molar-refractivity contribution is -0.0750. The molecule has 1 aliphatic rings. The van der Waals surface area contributed by atoms with E-state index in [1.807, 2.05) is 0 Å². The summed E-state index contributed by atoms with van der Waals surface area (Å²) in [6.45, 7) is 9.14. The summed E-state index contributed by atoms with van der Waals surface area (Å²) >= 11 is 0. The van der Waals surface area contributed by atoms with Gasteiger partial charge in [0.1, 0.15) is 12.2 Å². The molecule has 0 spiro atoms. The minimum atomic E-state index is -0.132. The zero-order valence-corrected chi connectivity index (χ0v) is 19.3. The predicted octanol–water partition coefficient (Wildman–Crippen LogP) is 4.20. The van der Waals surface area contributed by atoms with Gasteiger partial charge < -0.3 is 28.4 Å². The first-order valence-corrected chi connectivity index (χ1v) is 11.4. The molecule has 0 amide bonds. The molecule has 1 fully saturated rings. The Labute approximate surface area is 191 Å². The second kappa shape index (κ2) is 14.4. The monoisotopic (exact) mass is 444 g/mol. The van der Waals surface area contributed by atoms with E-state index in [1.54, 1.807) is 0 Å². The van der Waals surface area contributed by atoms with Gasteiger partial charge in [0, 0.05) is 0 Å². The van der Waals surface area contributed by atoms with Crippen molar-refractivity contribution in [2.24, 2.45) is 0 Å². The highest BCUT2D eigenvalue weighted by Gasteiger charge is 2.14. The Morgan fingerprint density at radius 3 is 1.22 bits per heavy atom. The van der Waals surface area contributed by atoms with Crippen molar-refractivity contribution in [2.45, 2.75) is 26.1 Å². The molecular formula is C26H36O6. The van der Waals surface area contributed by atoms with E-state index in [9.17, 15) is 0 Å². The first kappa shape index (κ1) is 24.8. The second-order valence-corrected chi connectivity index (χ2v) is 7.91. The maximum atomic E-state index is 6.05. The maximum Gasteiger partial charge on any atom is 0.106 e. The molecule has 6 heteroatoms. The summed E-state index contributed by atoms with van der Waals surface area (Å²) in [5.74, 6) is 0. The van der Waals surface area contributed by atoms with Crippen molar-refractivity contribution in [1.29, 1.82) is 0 Å². The fourth-order valence-electron chi connectivity index (χ4n) is 3.36. The molecule has 2 aromatic carbocycles. The van der Waals surface area contributed by atoms with E-state index in [0.29, 0.717) is 66.1 Å². The zero-order valence-electron chi connectivity index (χ0n) is 19.3. The Morgan fingerprint density at radius 2 is 0.812 bits per heavy atom. The molecule has 2 atom stereocenters. The fourth-order valence-corrected chi connectivity index (χ4v) is 3.36. The second-order valence-electron chi connectivity index (χ2n) is 7.91. The Kier molecular flexibility index (Phi) is 11.2. The average Bonchev–Trinajstić information content (AvgIpc) is 2.80. The number of hydrogen-bond acceptors (Lipinski definition) is 6. The summed E-state index contributed by atoms with van der Waals surface area (Å²) in [6.07, 6.45) is -0.263. The standard InChI is InChI=1S/C26H36O6/c1-21-3-7-23(8-4-21)25-19-29-13-11-28-16-18-32-26(24-9-5-22(2)6-10-24)20-30-14-12-27-15-17-31-25/h3-10,25-26H,11-20H2,1-2H3. The van der Waals surface area contributed by atoms with E-state index in [1.165, 1.54) is 11.1 Å². The van der Waals surface area contributed by atoms with E-state index in [2.05, 4.69) is 62.4 Å². The van der Waals surface area contributed by atoms with Gasteiger partial charge in [0.15, 0.2) is 0 Å². The number of benzene rings is 2. The molecular weight excluding hydrogens is 408 g/mol. The minimum absolute atomic E-state index is 0.132. The Hall–Kier alpha value is -1.80. The molecule has 0 radical (unpaired) electrons. The molecule has 0 N–H and O–H groups in total. The number of rotatable bonds is 2. The summed E-state index contributed by atoms with van der Waals surface area (Å²) in [5.41, 5.74) is 4.64. The van der Waals surface area contributed by atoms with Crippen LogP contribution < -0.4 is 0 Å². The van der Waals surface area contributed by atoms with Crippen LogP contribution in [0.2, 0.25) is 0 Å². The van der Waals surface area contributed by atoms with E-state index in [-0.39, 0.29) is 12.2 Å². The Balaban J connectivity index is 1.50. The van der Waals surface area contributed by atoms with Gasteiger partial charge >= 0.3 is 0 Å². The highest BCUT2D eigenvalue weighted by atomic mass is 16.6. The molecule has 0 bridgehead atoms. The molecule has 0 aromatic heterocycles. The summed E-state index contributed by atoms with van der Waals surface area (Å²) in [6, 6.07) is 16.7. The lowest BCUT2D eigenvalue weighted by atomic mass is 10.1. The maximum absolute atomic E-state index is 6.05. The van der Waals surface area contributed by atoms with Crippen molar-refractivity contribution in [3.05, 3.63) is 70.8 Å². The first-order chi connectivity index (χ1) is 15.7. The predicted molar refractivity (Wildman–Crippen MR) is 123 cm³/mol. The molecule has 1 heterocycles. The molecule has 2 unspecified atom stereocenters. The van der Waals surface area contributed by atoms with Crippen molar-refractivity contribution in [2.75, 3.05) is 66.1 Å².